The monoisotopic (exact) mass is 480 g/mol. The summed E-state index contributed by atoms with van der Waals surface area (Å²) in [5.41, 5.74) is 1.32. The van der Waals surface area contributed by atoms with E-state index in [0.29, 0.717) is 11.3 Å². The normalized spacial score (nSPS) is 17.3. The number of aliphatic hydroxyl groups is 1. The molecule has 2 aromatic carbocycles. The topological polar surface area (TPSA) is 96.8 Å². The minimum absolute atomic E-state index is 0.0147. The molecular formula is C25H21FN2O5S. The van der Waals surface area contributed by atoms with Crippen molar-refractivity contribution in [1.82, 2.24) is 4.98 Å². The fourth-order valence-corrected chi connectivity index (χ4v) is 4.75. The van der Waals surface area contributed by atoms with Crippen LogP contribution in [-0.2, 0) is 14.3 Å². The number of esters is 1. The number of aromatic nitrogens is 1. The molecular weight excluding hydrogens is 459 g/mol. The number of rotatable bonds is 5. The van der Waals surface area contributed by atoms with Gasteiger partial charge in [0.05, 0.1) is 17.9 Å². The Hall–Kier alpha value is -3.85. The molecule has 1 fully saturated rings. The van der Waals surface area contributed by atoms with E-state index in [1.54, 1.807) is 44.2 Å². The van der Waals surface area contributed by atoms with Crippen LogP contribution in [0.25, 0.3) is 5.76 Å². The van der Waals surface area contributed by atoms with Gasteiger partial charge in [0.15, 0.2) is 5.13 Å². The smallest absolute Gasteiger partial charge is 0.350 e. The van der Waals surface area contributed by atoms with Gasteiger partial charge in [-0.3, -0.25) is 14.5 Å². The molecule has 4 rings (SSSR count). The number of hydrogen-bond donors (Lipinski definition) is 1. The van der Waals surface area contributed by atoms with Gasteiger partial charge in [-0.15, -0.1) is 0 Å². The zero-order valence-corrected chi connectivity index (χ0v) is 19.5. The first-order valence-corrected chi connectivity index (χ1v) is 11.3. The average Bonchev–Trinajstić information content (AvgIpc) is 3.31. The lowest BCUT2D eigenvalue weighted by Crippen LogP contribution is -2.29. The number of carbonyl (C=O) groups excluding carboxylic acids is 3. The lowest BCUT2D eigenvalue weighted by molar-refractivity contribution is -0.132. The minimum atomic E-state index is -1.27. The number of ketones is 1. The molecule has 1 aliphatic rings. The summed E-state index contributed by atoms with van der Waals surface area (Å²) in [5, 5.41) is 11.1. The van der Waals surface area contributed by atoms with E-state index < -0.39 is 35.3 Å². The third-order valence-electron chi connectivity index (χ3n) is 5.42. The van der Waals surface area contributed by atoms with Crippen molar-refractivity contribution in [2.45, 2.75) is 26.8 Å². The number of nitrogens with zero attached hydrogens (tertiary/aromatic N) is 2. The number of ether oxygens (including phenoxy) is 1. The van der Waals surface area contributed by atoms with Crippen LogP contribution >= 0.6 is 11.3 Å². The van der Waals surface area contributed by atoms with E-state index in [2.05, 4.69) is 4.98 Å². The van der Waals surface area contributed by atoms with Crippen LogP contribution in [0.2, 0.25) is 0 Å². The molecule has 7 nitrogen and oxygen atoms in total. The fraction of sp³-hybridized carbons (Fsp3) is 0.200. The Balaban J connectivity index is 1.93. The summed E-state index contributed by atoms with van der Waals surface area (Å²) < 4.78 is 20.0. The third-order valence-corrected chi connectivity index (χ3v) is 6.56. The number of benzene rings is 2. The highest BCUT2D eigenvalue weighted by atomic mass is 32.1. The van der Waals surface area contributed by atoms with E-state index in [0.717, 1.165) is 21.8 Å². The van der Waals surface area contributed by atoms with Crippen LogP contribution in [0.4, 0.5) is 9.52 Å². The highest BCUT2D eigenvalue weighted by Gasteiger charge is 2.49. The van der Waals surface area contributed by atoms with Crippen molar-refractivity contribution < 1.29 is 28.6 Å². The standard InChI is InChI=1S/C25H21FN2O5S/c1-4-33-24(32)22-14(3)27-25(34-22)28-19(16-7-5-6-8-17(16)26)18(21(30)23(28)31)20(29)15-11-9-13(2)10-12-15/h5-12,19,29H,4H2,1-3H3/t19-/m1/s1. The van der Waals surface area contributed by atoms with Gasteiger partial charge in [-0.2, -0.15) is 0 Å². The Morgan fingerprint density at radius 3 is 2.47 bits per heavy atom. The Labute approximate surface area is 199 Å². The Kier molecular flexibility index (Phi) is 6.30. The Bertz CT molecular complexity index is 1330. The predicted molar refractivity (Wildman–Crippen MR) is 125 cm³/mol. The van der Waals surface area contributed by atoms with Crippen molar-refractivity contribution in [2.75, 3.05) is 11.5 Å². The third kappa shape index (κ3) is 3.99. The van der Waals surface area contributed by atoms with Gasteiger partial charge >= 0.3 is 11.9 Å². The second kappa shape index (κ2) is 9.18. The number of carbonyl (C=O) groups is 3. The van der Waals surface area contributed by atoms with E-state index in [-0.39, 0.29) is 27.8 Å². The summed E-state index contributed by atoms with van der Waals surface area (Å²) in [7, 11) is 0. The molecule has 1 atom stereocenters. The average molecular weight is 481 g/mol. The molecule has 0 bridgehead atoms. The van der Waals surface area contributed by atoms with Gasteiger partial charge in [-0.05, 0) is 26.8 Å². The molecule has 0 saturated carbocycles. The number of amides is 1. The van der Waals surface area contributed by atoms with Crippen LogP contribution in [0.1, 0.15) is 45.0 Å². The maximum absolute atomic E-state index is 14.9. The molecule has 0 unspecified atom stereocenters. The molecule has 1 N–H and O–H groups in total. The zero-order chi connectivity index (χ0) is 24.6. The van der Waals surface area contributed by atoms with Gasteiger partial charge in [0.1, 0.15) is 22.5 Å². The second-order valence-corrected chi connectivity index (χ2v) is 8.67. The molecule has 9 heteroatoms. The van der Waals surface area contributed by atoms with Crippen molar-refractivity contribution in [3.8, 4) is 0 Å². The summed E-state index contributed by atoms with van der Waals surface area (Å²) in [5.74, 6) is -3.65. The van der Waals surface area contributed by atoms with E-state index in [1.807, 2.05) is 6.92 Å². The van der Waals surface area contributed by atoms with Crippen LogP contribution in [0.15, 0.2) is 54.1 Å². The quantitative estimate of drug-likeness (QED) is 0.246. The second-order valence-electron chi connectivity index (χ2n) is 7.69. The number of Topliss-reactive ketones (excluding diaryl/α,β-unsaturated/α-hetero) is 1. The number of halogens is 1. The van der Waals surface area contributed by atoms with Gasteiger partial charge in [-0.25, -0.2) is 14.2 Å². The Morgan fingerprint density at radius 2 is 1.82 bits per heavy atom. The molecule has 0 radical (unpaired) electrons. The summed E-state index contributed by atoms with van der Waals surface area (Å²) in [6.45, 7) is 5.26. The van der Waals surface area contributed by atoms with Crippen LogP contribution in [0.5, 0.6) is 0 Å². The van der Waals surface area contributed by atoms with Gasteiger partial charge in [0.2, 0.25) is 0 Å². The maximum atomic E-state index is 14.9. The number of anilines is 1. The fourth-order valence-electron chi connectivity index (χ4n) is 3.76. The molecule has 1 amide bonds. The minimum Gasteiger partial charge on any atom is -0.507 e. The number of aliphatic hydroxyl groups excluding tert-OH is 1. The van der Waals surface area contributed by atoms with Gasteiger partial charge in [0, 0.05) is 11.1 Å². The van der Waals surface area contributed by atoms with Crippen molar-refractivity contribution in [3.63, 3.8) is 0 Å². The summed E-state index contributed by atoms with van der Waals surface area (Å²) in [4.78, 5) is 44.1. The van der Waals surface area contributed by atoms with Crippen LogP contribution < -0.4 is 4.90 Å². The van der Waals surface area contributed by atoms with E-state index in [1.165, 1.54) is 18.2 Å². The molecule has 1 aromatic heterocycles. The van der Waals surface area contributed by atoms with Gasteiger partial charge < -0.3 is 9.84 Å². The predicted octanol–water partition coefficient (Wildman–Crippen LogP) is 4.70. The largest absolute Gasteiger partial charge is 0.507 e. The molecule has 0 spiro atoms. The van der Waals surface area contributed by atoms with Crippen molar-refractivity contribution >= 4 is 39.9 Å². The SMILES string of the molecule is CCOC(=O)c1sc(N2C(=O)C(=O)C(=C(O)c3ccc(C)cc3)[C@H]2c2ccccc2F)nc1C. The van der Waals surface area contributed by atoms with Crippen LogP contribution in [-0.4, -0.2) is 34.4 Å². The molecule has 34 heavy (non-hydrogen) atoms. The molecule has 0 aliphatic carbocycles. The van der Waals surface area contributed by atoms with E-state index in [9.17, 15) is 23.9 Å². The molecule has 2 heterocycles. The number of aryl methyl sites for hydroxylation is 2. The first-order valence-electron chi connectivity index (χ1n) is 10.5. The summed E-state index contributed by atoms with van der Waals surface area (Å²) >= 11 is 0.867. The van der Waals surface area contributed by atoms with E-state index >= 15 is 0 Å². The summed E-state index contributed by atoms with van der Waals surface area (Å²) in [6.07, 6.45) is 0. The first kappa shape index (κ1) is 23.3. The molecule has 1 aliphatic heterocycles. The van der Waals surface area contributed by atoms with E-state index in [4.69, 9.17) is 4.74 Å². The van der Waals surface area contributed by atoms with Gasteiger partial charge in [0.25, 0.3) is 5.78 Å². The lowest BCUT2D eigenvalue weighted by atomic mass is 9.95. The highest BCUT2D eigenvalue weighted by molar-refractivity contribution is 7.17. The lowest BCUT2D eigenvalue weighted by Gasteiger charge is -2.23. The van der Waals surface area contributed by atoms with Gasteiger partial charge in [-0.1, -0.05) is 59.4 Å². The van der Waals surface area contributed by atoms with Crippen molar-refractivity contribution in [2.24, 2.45) is 0 Å². The summed E-state index contributed by atoms with van der Waals surface area (Å²) in [6, 6.07) is 11.2. The van der Waals surface area contributed by atoms with Crippen LogP contribution in [0, 0.1) is 19.7 Å². The van der Waals surface area contributed by atoms with Crippen molar-refractivity contribution in [1.29, 1.82) is 0 Å². The highest BCUT2D eigenvalue weighted by Crippen LogP contribution is 2.44. The maximum Gasteiger partial charge on any atom is 0.350 e. The Morgan fingerprint density at radius 1 is 1.15 bits per heavy atom. The molecule has 3 aromatic rings. The molecule has 1 saturated heterocycles. The van der Waals surface area contributed by atoms with Crippen LogP contribution in [0.3, 0.4) is 0 Å². The van der Waals surface area contributed by atoms with Crippen molar-refractivity contribution in [3.05, 3.63) is 87.2 Å². The first-order chi connectivity index (χ1) is 16.2. The zero-order valence-electron chi connectivity index (χ0n) is 18.7. The number of hydrogen-bond acceptors (Lipinski definition) is 7. The molecule has 174 valence electrons. The number of thiazole rings is 1.